The summed E-state index contributed by atoms with van der Waals surface area (Å²) in [5.74, 6) is 1.59. The molecule has 4 heteroatoms. The number of pyridine rings is 1. The molecule has 0 radical (unpaired) electrons. The molecule has 2 aromatic rings. The van der Waals surface area contributed by atoms with Crippen molar-refractivity contribution in [2.75, 3.05) is 5.73 Å². The van der Waals surface area contributed by atoms with Gasteiger partial charge in [-0.3, -0.25) is 4.98 Å². The molecular formula is C12H13N3O. The lowest BCUT2D eigenvalue weighted by molar-refractivity contribution is 0.427. The first-order valence-electron chi connectivity index (χ1n) is 5.43. The zero-order valence-corrected chi connectivity index (χ0v) is 9.05. The lowest BCUT2D eigenvalue weighted by Crippen LogP contribution is -1.90. The van der Waals surface area contributed by atoms with E-state index in [2.05, 4.69) is 17.1 Å². The zero-order valence-electron chi connectivity index (χ0n) is 9.05. The molecule has 2 atom stereocenters. The standard InChI is InChI=1S/C12H13N3O/c1-7-6-9(7)11-10(12(13)16-15-11)8-2-4-14-5-3-8/h2-5,7,9H,6,13H2,1H3. The summed E-state index contributed by atoms with van der Waals surface area (Å²) in [6, 6.07) is 3.86. The first-order valence-corrected chi connectivity index (χ1v) is 5.43. The second-order valence-electron chi connectivity index (χ2n) is 4.36. The van der Waals surface area contributed by atoms with Crippen LogP contribution in [0.4, 0.5) is 5.88 Å². The Balaban J connectivity index is 2.09. The highest BCUT2D eigenvalue weighted by atomic mass is 16.5. The van der Waals surface area contributed by atoms with Gasteiger partial charge in [0.1, 0.15) is 0 Å². The van der Waals surface area contributed by atoms with Crippen LogP contribution in [0.25, 0.3) is 11.1 Å². The molecule has 82 valence electrons. The monoisotopic (exact) mass is 215 g/mol. The molecule has 0 saturated heterocycles. The van der Waals surface area contributed by atoms with E-state index in [0.29, 0.717) is 17.7 Å². The summed E-state index contributed by atoms with van der Waals surface area (Å²) in [7, 11) is 0. The normalized spacial score (nSPS) is 23.3. The summed E-state index contributed by atoms with van der Waals surface area (Å²) in [6.07, 6.45) is 4.67. The molecule has 2 aromatic heterocycles. The Morgan fingerprint density at radius 3 is 2.69 bits per heavy atom. The Hall–Kier alpha value is -1.84. The van der Waals surface area contributed by atoms with E-state index in [9.17, 15) is 0 Å². The average molecular weight is 215 g/mol. The third kappa shape index (κ3) is 1.38. The minimum Gasteiger partial charge on any atom is -0.367 e. The maximum atomic E-state index is 5.83. The predicted molar refractivity (Wildman–Crippen MR) is 60.7 cm³/mol. The van der Waals surface area contributed by atoms with Gasteiger partial charge in [-0.25, -0.2) is 0 Å². The van der Waals surface area contributed by atoms with Crippen LogP contribution in [0.1, 0.15) is 25.0 Å². The topological polar surface area (TPSA) is 64.9 Å². The van der Waals surface area contributed by atoms with Gasteiger partial charge in [-0.1, -0.05) is 12.1 Å². The molecule has 1 aliphatic carbocycles. The number of nitrogens with zero attached hydrogens (tertiary/aromatic N) is 2. The predicted octanol–water partition coefficient (Wildman–Crippen LogP) is 2.44. The highest BCUT2D eigenvalue weighted by Crippen LogP contribution is 2.50. The van der Waals surface area contributed by atoms with Gasteiger partial charge in [0, 0.05) is 18.3 Å². The van der Waals surface area contributed by atoms with Gasteiger partial charge in [0.05, 0.1) is 11.3 Å². The SMILES string of the molecule is CC1CC1c1noc(N)c1-c1ccncc1. The Kier molecular flexibility index (Phi) is 1.96. The summed E-state index contributed by atoms with van der Waals surface area (Å²) in [4.78, 5) is 4.00. The fraction of sp³-hybridized carbons (Fsp3) is 0.333. The van der Waals surface area contributed by atoms with Crippen molar-refractivity contribution in [3.8, 4) is 11.1 Å². The average Bonchev–Trinajstić information content (AvgIpc) is 2.89. The smallest absolute Gasteiger partial charge is 0.230 e. The van der Waals surface area contributed by atoms with Crippen LogP contribution in [0.15, 0.2) is 29.0 Å². The molecular weight excluding hydrogens is 202 g/mol. The van der Waals surface area contributed by atoms with E-state index < -0.39 is 0 Å². The Morgan fingerprint density at radius 1 is 1.38 bits per heavy atom. The van der Waals surface area contributed by atoms with Gasteiger partial charge >= 0.3 is 0 Å². The van der Waals surface area contributed by atoms with Crippen LogP contribution in [-0.2, 0) is 0 Å². The van der Waals surface area contributed by atoms with Crippen LogP contribution >= 0.6 is 0 Å². The Morgan fingerprint density at radius 2 is 2.06 bits per heavy atom. The van der Waals surface area contributed by atoms with Crippen LogP contribution in [0.2, 0.25) is 0 Å². The molecule has 3 rings (SSSR count). The fourth-order valence-electron chi connectivity index (χ4n) is 2.08. The highest BCUT2D eigenvalue weighted by molar-refractivity contribution is 5.75. The molecule has 0 aromatic carbocycles. The molecule has 16 heavy (non-hydrogen) atoms. The fourth-order valence-corrected chi connectivity index (χ4v) is 2.08. The number of nitrogens with two attached hydrogens (primary N) is 1. The van der Waals surface area contributed by atoms with E-state index in [0.717, 1.165) is 16.8 Å². The number of rotatable bonds is 2. The highest BCUT2D eigenvalue weighted by Gasteiger charge is 2.39. The number of hydrogen-bond acceptors (Lipinski definition) is 4. The van der Waals surface area contributed by atoms with Crippen molar-refractivity contribution in [3.05, 3.63) is 30.2 Å². The molecule has 2 N–H and O–H groups in total. The van der Waals surface area contributed by atoms with Crippen molar-refractivity contribution in [2.24, 2.45) is 5.92 Å². The first kappa shape index (κ1) is 9.39. The summed E-state index contributed by atoms with van der Waals surface area (Å²) < 4.78 is 5.11. The maximum Gasteiger partial charge on any atom is 0.230 e. The van der Waals surface area contributed by atoms with E-state index in [1.165, 1.54) is 6.42 Å². The molecule has 0 aliphatic heterocycles. The van der Waals surface area contributed by atoms with E-state index in [1.54, 1.807) is 12.4 Å². The van der Waals surface area contributed by atoms with Gasteiger partial charge in [0.25, 0.3) is 0 Å². The van der Waals surface area contributed by atoms with Crippen LogP contribution in [0.3, 0.4) is 0 Å². The third-order valence-electron chi connectivity index (χ3n) is 3.17. The molecule has 0 amide bonds. The lowest BCUT2D eigenvalue weighted by atomic mass is 10.0. The number of aromatic nitrogens is 2. The van der Waals surface area contributed by atoms with E-state index >= 15 is 0 Å². The summed E-state index contributed by atoms with van der Waals surface area (Å²) in [5, 5.41) is 4.08. The number of anilines is 1. The second-order valence-corrected chi connectivity index (χ2v) is 4.36. The van der Waals surface area contributed by atoms with Gasteiger partial charge in [-0.2, -0.15) is 0 Å². The van der Waals surface area contributed by atoms with Crippen molar-refractivity contribution in [1.29, 1.82) is 0 Å². The van der Waals surface area contributed by atoms with E-state index in [-0.39, 0.29) is 0 Å². The molecule has 2 heterocycles. The quantitative estimate of drug-likeness (QED) is 0.835. The van der Waals surface area contributed by atoms with Crippen LogP contribution in [-0.4, -0.2) is 10.1 Å². The number of nitrogen functional groups attached to an aromatic ring is 1. The molecule has 1 saturated carbocycles. The maximum absolute atomic E-state index is 5.83. The van der Waals surface area contributed by atoms with Crippen LogP contribution < -0.4 is 5.73 Å². The summed E-state index contributed by atoms with van der Waals surface area (Å²) >= 11 is 0. The molecule has 1 fully saturated rings. The first-order chi connectivity index (χ1) is 7.77. The Labute approximate surface area is 93.5 Å². The molecule has 2 unspecified atom stereocenters. The van der Waals surface area contributed by atoms with Crippen molar-refractivity contribution in [2.45, 2.75) is 19.3 Å². The summed E-state index contributed by atoms with van der Waals surface area (Å²) in [6.45, 7) is 2.21. The minimum absolute atomic E-state index is 0.403. The third-order valence-corrected chi connectivity index (χ3v) is 3.17. The van der Waals surface area contributed by atoms with Gasteiger partial charge in [-0.05, 0) is 30.0 Å². The molecule has 0 bridgehead atoms. The summed E-state index contributed by atoms with van der Waals surface area (Å²) in [5.41, 5.74) is 8.80. The largest absolute Gasteiger partial charge is 0.367 e. The minimum atomic E-state index is 0.403. The van der Waals surface area contributed by atoms with E-state index in [4.69, 9.17) is 10.3 Å². The van der Waals surface area contributed by atoms with Gasteiger partial charge in [-0.15, -0.1) is 0 Å². The van der Waals surface area contributed by atoms with Crippen molar-refractivity contribution in [1.82, 2.24) is 10.1 Å². The Bertz CT molecular complexity index is 506. The lowest BCUT2D eigenvalue weighted by Gasteiger charge is -2.00. The molecule has 4 nitrogen and oxygen atoms in total. The van der Waals surface area contributed by atoms with Crippen molar-refractivity contribution in [3.63, 3.8) is 0 Å². The molecule has 1 aliphatic rings. The van der Waals surface area contributed by atoms with Crippen LogP contribution in [0.5, 0.6) is 0 Å². The van der Waals surface area contributed by atoms with Gasteiger partial charge < -0.3 is 10.3 Å². The zero-order chi connectivity index (χ0) is 11.1. The van der Waals surface area contributed by atoms with Gasteiger partial charge in [0.15, 0.2) is 0 Å². The van der Waals surface area contributed by atoms with Gasteiger partial charge in [0.2, 0.25) is 5.88 Å². The molecule has 0 spiro atoms. The number of hydrogen-bond donors (Lipinski definition) is 1. The van der Waals surface area contributed by atoms with E-state index in [1.807, 2.05) is 12.1 Å². The van der Waals surface area contributed by atoms with Crippen LogP contribution in [0, 0.1) is 5.92 Å². The van der Waals surface area contributed by atoms with Crippen molar-refractivity contribution >= 4 is 5.88 Å². The van der Waals surface area contributed by atoms with Crippen molar-refractivity contribution < 1.29 is 4.52 Å². The second kappa shape index (κ2) is 3.33.